The van der Waals surface area contributed by atoms with Crippen molar-refractivity contribution < 1.29 is 17.9 Å². The Morgan fingerprint density at radius 2 is 2.22 bits per heavy atom. The molecule has 126 valence electrons. The third-order valence-electron chi connectivity index (χ3n) is 4.55. The number of carbonyl (C=O) groups is 1. The fourth-order valence-corrected chi connectivity index (χ4v) is 4.93. The van der Waals surface area contributed by atoms with Gasteiger partial charge in [0.1, 0.15) is 11.8 Å². The summed E-state index contributed by atoms with van der Waals surface area (Å²) in [5.41, 5.74) is 2.02. The average Bonchev–Trinajstić information content (AvgIpc) is 3.11. The average molecular weight is 338 g/mol. The molecule has 0 radical (unpaired) electrons. The Labute approximate surface area is 136 Å². The second kappa shape index (κ2) is 6.03. The van der Waals surface area contributed by atoms with Crippen molar-refractivity contribution in [2.75, 3.05) is 30.5 Å². The van der Waals surface area contributed by atoms with Gasteiger partial charge in [-0.15, -0.1) is 0 Å². The summed E-state index contributed by atoms with van der Waals surface area (Å²) in [4.78, 5) is 14.1. The van der Waals surface area contributed by atoms with Gasteiger partial charge in [0.05, 0.1) is 18.1 Å². The molecule has 6 nitrogen and oxygen atoms in total. The molecule has 1 fully saturated rings. The minimum atomic E-state index is -2.99. The zero-order valence-corrected chi connectivity index (χ0v) is 14.2. The van der Waals surface area contributed by atoms with Crippen molar-refractivity contribution in [3.05, 3.63) is 23.8 Å². The van der Waals surface area contributed by atoms with Gasteiger partial charge in [0.25, 0.3) is 0 Å². The number of ether oxygens (including phenoxy) is 1. The number of amides is 1. The number of nitrogens with one attached hydrogen (secondary N) is 1. The molecule has 0 spiro atoms. The van der Waals surface area contributed by atoms with Gasteiger partial charge in [-0.05, 0) is 37.1 Å². The number of anilines is 1. The van der Waals surface area contributed by atoms with E-state index in [0.717, 1.165) is 23.4 Å². The lowest BCUT2D eigenvalue weighted by Crippen LogP contribution is -2.45. The van der Waals surface area contributed by atoms with E-state index in [1.54, 1.807) is 18.9 Å². The highest BCUT2D eigenvalue weighted by Gasteiger charge is 2.34. The Kier molecular flexibility index (Phi) is 4.23. The van der Waals surface area contributed by atoms with Crippen molar-refractivity contribution >= 4 is 21.4 Å². The van der Waals surface area contributed by atoms with Crippen LogP contribution in [-0.2, 0) is 21.1 Å². The highest BCUT2D eigenvalue weighted by molar-refractivity contribution is 7.91. The maximum Gasteiger partial charge on any atom is 0.244 e. The molecule has 1 N–H and O–H groups in total. The van der Waals surface area contributed by atoms with Crippen LogP contribution in [-0.4, -0.2) is 56.5 Å². The minimum Gasteiger partial charge on any atom is -0.493 e. The number of hydrogen-bond acceptors (Lipinski definition) is 5. The number of fused-ring (bicyclic) bond motifs is 1. The largest absolute Gasteiger partial charge is 0.493 e. The van der Waals surface area contributed by atoms with Crippen molar-refractivity contribution in [1.82, 2.24) is 4.90 Å². The van der Waals surface area contributed by atoms with Crippen molar-refractivity contribution in [2.24, 2.45) is 0 Å². The summed E-state index contributed by atoms with van der Waals surface area (Å²) in [6.45, 7) is 2.50. The standard InChI is InChI=1S/C16H22N2O4S/c1-11(16(19)18(2)14-6-8-23(20,21)10-14)17-13-3-4-15-12(9-13)5-7-22-15/h3-4,9,11,14,17H,5-8,10H2,1-2H3/t11-,14-/m0/s1. The van der Waals surface area contributed by atoms with Crippen molar-refractivity contribution in [2.45, 2.75) is 31.8 Å². The van der Waals surface area contributed by atoms with Crippen LogP contribution >= 0.6 is 0 Å². The van der Waals surface area contributed by atoms with E-state index in [2.05, 4.69) is 5.32 Å². The summed E-state index contributed by atoms with van der Waals surface area (Å²) >= 11 is 0. The second-order valence-electron chi connectivity index (χ2n) is 6.29. The van der Waals surface area contributed by atoms with Crippen LogP contribution < -0.4 is 10.1 Å². The van der Waals surface area contributed by atoms with E-state index in [1.807, 2.05) is 18.2 Å². The summed E-state index contributed by atoms with van der Waals surface area (Å²) < 4.78 is 28.6. The van der Waals surface area contributed by atoms with Crippen LogP contribution in [0.15, 0.2) is 18.2 Å². The number of benzene rings is 1. The third-order valence-corrected chi connectivity index (χ3v) is 6.30. The van der Waals surface area contributed by atoms with Crippen LogP contribution in [0.25, 0.3) is 0 Å². The maximum atomic E-state index is 12.5. The van der Waals surface area contributed by atoms with Crippen molar-refractivity contribution in [1.29, 1.82) is 0 Å². The Balaban J connectivity index is 1.63. The first-order valence-corrected chi connectivity index (χ1v) is 9.67. The van der Waals surface area contributed by atoms with Crippen LogP contribution in [0, 0.1) is 0 Å². The molecular weight excluding hydrogens is 316 g/mol. The van der Waals surface area contributed by atoms with Gasteiger partial charge in [-0.3, -0.25) is 4.79 Å². The van der Waals surface area contributed by atoms with E-state index < -0.39 is 15.9 Å². The SMILES string of the molecule is C[C@H](Nc1ccc2c(c1)CCO2)C(=O)N(C)[C@H]1CCS(=O)(=O)C1. The summed E-state index contributed by atoms with van der Waals surface area (Å²) in [6.07, 6.45) is 1.40. The topological polar surface area (TPSA) is 75.7 Å². The molecule has 2 atom stereocenters. The van der Waals surface area contributed by atoms with Gasteiger partial charge in [-0.1, -0.05) is 0 Å². The second-order valence-corrected chi connectivity index (χ2v) is 8.52. The van der Waals surface area contributed by atoms with Crippen LogP contribution in [0.1, 0.15) is 18.9 Å². The smallest absolute Gasteiger partial charge is 0.244 e. The fraction of sp³-hybridized carbons (Fsp3) is 0.562. The van der Waals surface area contributed by atoms with Gasteiger partial charge in [0, 0.05) is 25.2 Å². The van der Waals surface area contributed by atoms with Gasteiger partial charge in [0.15, 0.2) is 9.84 Å². The molecule has 0 saturated carbocycles. The molecular formula is C16H22N2O4S. The summed E-state index contributed by atoms with van der Waals surface area (Å²) in [5, 5.41) is 3.20. The number of rotatable bonds is 4. The molecule has 1 saturated heterocycles. The predicted molar refractivity (Wildman–Crippen MR) is 88.6 cm³/mol. The molecule has 1 amide bonds. The van der Waals surface area contributed by atoms with Crippen molar-refractivity contribution in [3.63, 3.8) is 0 Å². The summed E-state index contributed by atoms with van der Waals surface area (Å²) in [5.74, 6) is 1.05. The molecule has 2 aliphatic rings. The number of carbonyl (C=O) groups excluding carboxylic acids is 1. The normalized spacial score (nSPS) is 23.0. The van der Waals surface area contributed by atoms with E-state index in [-0.39, 0.29) is 23.5 Å². The molecule has 2 aliphatic heterocycles. The Morgan fingerprint density at radius 3 is 2.91 bits per heavy atom. The molecule has 1 aromatic carbocycles. The van der Waals surface area contributed by atoms with E-state index >= 15 is 0 Å². The van der Waals surface area contributed by atoms with Crippen LogP contribution in [0.3, 0.4) is 0 Å². The maximum absolute atomic E-state index is 12.5. The molecule has 1 aromatic rings. The third kappa shape index (κ3) is 3.44. The molecule has 2 heterocycles. The van der Waals surface area contributed by atoms with Crippen LogP contribution in [0.2, 0.25) is 0 Å². The summed E-state index contributed by atoms with van der Waals surface area (Å²) in [6, 6.07) is 5.18. The quantitative estimate of drug-likeness (QED) is 0.889. The van der Waals surface area contributed by atoms with Gasteiger partial charge >= 0.3 is 0 Å². The zero-order valence-electron chi connectivity index (χ0n) is 13.4. The highest BCUT2D eigenvalue weighted by atomic mass is 32.2. The first-order valence-electron chi connectivity index (χ1n) is 7.85. The van der Waals surface area contributed by atoms with Crippen LogP contribution in [0.5, 0.6) is 5.75 Å². The minimum absolute atomic E-state index is 0.0676. The molecule has 0 unspecified atom stereocenters. The lowest BCUT2D eigenvalue weighted by molar-refractivity contribution is -0.132. The van der Waals surface area contributed by atoms with E-state index in [9.17, 15) is 13.2 Å². The number of hydrogen-bond donors (Lipinski definition) is 1. The lowest BCUT2D eigenvalue weighted by atomic mass is 10.1. The van der Waals surface area contributed by atoms with Gasteiger partial charge in [-0.2, -0.15) is 0 Å². The number of nitrogens with zero attached hydrogens (tertiary/aromatic N) is 1. The Morgan fingerprint density at radius 1 is 1.43 bits per heavy atom. The van der Waals surface area contributed by atoms with E-state index in [4.69, 9.17) is 4.74 Å². The first-order chi connectivity index (χ1) is 10.9. The molecule has 23 heavy (non-hydrogen) atoms. The van der Waals surface area contributed by atoms with E-state index in [0.29, 0.717) is 13.0 Å². The molecule has 3 rings (SSSR count). The Hall–Kier alpha value is -1.76. The first kappa shape index (κ1) is 16.1. The molecule has 0 bridgehead atoms. The monoisotopic (exact) mass is 338 g/mol. The zero-order chi connectivity index (χ0) is 16.6. The van der Waals surface area contributed by atoms with Gasteiger partial charge < -0.3 is 15.0 Å². The van der Waals surface area contributed by atoms with E-state index in [1.165, 1.54) is 0 Å². The highest BCUT2D eigenvalue weighted by Crippen LogP contribution is 2.28. The Bertz CT molecular complexity index is 717. The molecule has 0 aromatic heterocycles. The van der Waals surface area contributed by atoms with Crippen LogP contribution in [0.4, 0.5) is 5.69 Å². The predicted octanol–water partition coefficient (Wildman–Crippen LogP) is 1.07. The number of likely N-dealkylation sites (N-methyl/N-ethyl adjacent to an activating group) is 1. The summed E-state index contributed by atoms with van der Waals surface area (Å²) in [7, 11) is -1.31. The fourth-order valence-electron chi connectivity index (χ4n) is 3.15. The van der Waals surface area contributed by atoms with Gasteiger partial charge in [-0.25, -0.2) is 8.42 Å². The van der Waals surface area contributed by atoms with Crippen molar-refractivity contribution in [3.8, 4) is 5.75 Å². The molecule has 0 aliphatic carbocycles. The molecule has 7 heteroatoms. The lowest BCUT2D eigenvalue weighted by Gasteiger charge is -2.27. The number of sulfone groups is 1. The van der Waals surface area contributed by atoms with Gasteiger partial charge in [0.2, 0.25) is 5.91 Å².